The molecule has 16 heavy (non-hydrogen) atoms. The van der Waals surface area contributed by atoms with Crippen LogP contribution in [0.25, 0.3) is 0 Å². The number of hydrogen-bond acceptors (Lipinski definition) is 6. The van der Waals surface area contributed by atoms with Crippen molar-refractivity contribution in [2.24, 2.45) is 0 Å². The third kappa shape index (κ3) is 17.6. The number of carboxylic acid groups (broad SMARTS) is 2. The molecule has 0 aliphatic rings. The molecule has 5 nitrogen and oxygen atoms in total. The van der Waals surface area contributed by atoms with Crippen LogP contribution in [-0.4, -0.2) is 28.6 Å². The molecule has 0 radical (unpaired) electrons. The molecule has 0 saturated carbocycles. The Labute approximate surface area is 148 Å². The van der Waals surface area contributed by atoms with E-state index in [0.717, 1.165) is 11.8 Å². The number of rotatable bonds is 6. The fourth-order valence-electron chi connectivity index (χ4n) is 0.545. The Morgan fingerprint density at radius 1 is 1.12 bits per heavy atom. The summed E-state index contributed by atoms with van der Waals surface area (Å²) in [7, 11) is 0. The van der Waals surface area contributed by atoms with Crippen LogP contribution < -0.4 is 74.6 Å². The summed E-state index contributed by atoms with van der Waals surface area (Å²) in [6.07, 6.45) is -0.200. The first-order chi connectivity index (χ1) is 6.52. The van der Waals surface area contributed by atoms with Gasteiger partial charge in [0.25, 0.3) is 0 Å². The minimum atomic E-state index is -1.15. The van der Waals surface area contributed by atoms with Gasteiger partial charge in [-0.3, -0.25) is 0 Å². The molecule has 0 rings (SSSR count). The van der Waals surface area contributed by atoms with Gasteiger partial charge in [0, 0.05) is 30.7 Å². The van der Waals surface area contributed by atoms with E-state index in [2.05, 4.69) is 5.32 Å². The summed E-state index contributed by atoms with van der Waals surface area (Å²) in [5.74, 6) is -1.96. The molecule has 0 aliphatic carbocycles. The number of thioether (sulfide) groups is 1. The molecule has 0 spiro atoms. The van der Waals surface area contributed by atoms with Gasteiger partial charge in [-0.05, 0) is 6.42 Å². The van der Waals surface area contributed by atoms with Gasteiger partial charge < -0.3 is 25.1 Å². The van der Waals surface area contributed by atoms with E-state index in [1.807, 2.05) is 0 Å². The van der Waals surface area contributed by atoms with Crippen LogP contribution in [0.3, 0.4) is 0 Å². The van der Waals surface area contributed by atoms with Gasteiger partial charge in [-0.15, -0.1) is 0 Å². The van der Waals surface area contributed by atoms with Crippen LogP contribution in [0.4, 0.5) is 0 Å². The molecule has 1 N–H and O–H groups in total. The van der Waals surface area contributed by atoms with Gasteiger partial charge in [0.05, 0.1) is 0 Å². The molecule has 0 amide bonds. The van der Waals surface area contributed by atoms with E-state index in [9.17, 15) is 19.8 Å². The maximum absolute atomic E-state index is 10.0. The number of hydrogen-bond donors (Lipinski definition) is 1. The van der Waals surface area contributed by atoms with E-state index in [4.69, 9.17) is 12.2 Å². The molecule has 9 heteroatoms. The van der Waals surface area contributed by atoms with Crippen molar-refractivity contribution in [3.05, 3.63) is 0 Å². The zero-order valence-corrected chi connectivity index (χ0v) is 14.9. The van der Waals surface area contributed by atoms with Crippen LogP contribution in [0.15, 0.2) is 0 Å². The van der Waals surface area contributed by atoms with Crippen molar-refractivity contribution in [1.29, 1.82) is 0 Å². The Kier molecular flexibility index (Phi) is 19.9. The van der Waals surface area contributed by atoms with Crippen LogP contribution in [0, 0.1) is 0 Å². The smallest absolute Gasteiger partial charge is 0.550 e. The average molecular weight is 281 g/mol. The van der Waals surface area contributed by atoms with Gasteiger partial charge in [0.15, 0.2) is 0 Å². The number of carbonyl (C=O) groups is 2. The van der Waals surface area contributed by atoms with Crippen LogP contribution >= 0.6 is 24.0 Å². The number of carbonyl (C=O) groups excluding carboxylic acids is 2. The Morgan fingerprint density at radius 2 is 1.62 bits per heavy atom. The third-order valence-corrected chi connectivity index (χ3v) is 2.45. The SMILES string of the molecule is O=C([O-])CCNC(=S)SCCC(=O)[O-].[Na+].[Na+]. The first kappa shape index (κ1) is 22.4. The molecule has 0 aromatic heterocycles. The summed E-state index contributed by atoms with van der Waals surface area (Å²) in [4.78, 5) is 20.0. The Morgan fingerprint density at radius 3 is 2.06 bits per heavy atom. The molecule has 0 atom stereocenters. The molecule has 0 heterocycles. The van der Waals surface area contributed by atoms with Crippen LogP contribution in [0.5, 0.6) is 0 Å². The van der Waals surface area contributed by atoms with E-state index in [1.165, 1.54) is 0 Å². The maximum atomic E-state index is 10.0. The van der Waals surface area contributed by atoms with Crippen molar-refractivity contribution in [3.63, 3.8) is 0 Å². The summed E-state index contributed by atoms with van der Waals surface area (Å²) in [5, 5.41) is 22.7. The summed E-state index contributed by atoms with van der Waals surface area (Å²) >= 11 is 5.93. The third-order valence-electron chi connectivity index (χ3n) is 1.14. The van der Waals surface area contributed by atoms with Crippen molar-refractivity contribution in [3.8, 4) is 0 Å². The van der Waals surface area contributed by atoms with Crippen LogP contribution in [-0.2, 0) is 9.59 Å². The molecule has 0 bridgehead atoms. The molecule has 0 aliphatic heterocycles. The van der Waals surface area contributed by atoms with Gasteiger partial charge in [-0.25, -0.2) is 0 Å². The molecule has 0 unspecified atom stereocenters. The molecule has 80 valence electrons. The van der Waals surface area contributed by atoms with Crippen molar-refractivity contribution in [2.75, 3.05) is 12.3 Å². The minimum Gasteiger partial charge on any atom is -0.550 e. The van der Waals surface area contributed by atoms with Gasteiger partial charge in [-0.2, -0.15) is 0 Å². The van der Waals surface area contributed by atoms with E-state index in [1.54, 1.807) is 0 Å². The Hall–Kier alpha value is 1.18. The second-order valence-corrected chi connectivity index (χ2v) is 4.08. The number of aliphatic carboxylic acids is 2. The van der Waals surface area contributed by atoms with Crippen molar-refractivity contribution >= 4 is 40.2 Å². The Bertz CT molecular complexity index is 218. The fourth-order valence-corrected chi connectivity index (χ4v) is 1.56. The Balaban J connectivity index is -0.000000845. The van der Waals surface area contributed by atoms with Crippen molar-refractivity contribution in [2.45, 2.75) is 12.8 Å². The van der Waals surface area contributed by atoms with E-state index in [0.29, 0.717) is 10.1 Å². The predicted octanol–water partition coefficient (Wildman–Crippen LogP) is -8.12. The predicted molar refractivity (Wildman–Crippen MR) is 52.3 cm³/mol. The first-order valence-corrected chi connectivity index (χ1v) is 5.22. The maximum Gasteiger partial charge on any atom is 1.00 e. The average Bonchev–Trinajstić information content (AvgIpc) is 2.02. The molecule has 0 aromatic carbocycles. The fraction of sp³-hybridized carbons (Fsp3) is 0.571. The first-order valence-electron chi connectivity index (χ1n) is 3.82. The quantitative estimate of drug-likeness (QED) is 0.382. The summed E-state index contributed by atoms with van der Waals surface area (Å²) in [6, 6.07) is 0. The molecular weight excluding hydrogens is 272 g/mol. The molecule has 0 saturated heterocycles. The molecule has 0 fully saturated rings. The van der Waals surface area contributed by atoms with Crippen molar-refractivity contribution in [1.82, 2.24) is 5.32 Å². The second kappa shape index (κ2) is 14.2. The number of carboxylic acids is 2. The molecule has 0 aromatic rings. The normalized spacial score (nSPS) is 8.25. The van der Waals surface area contributed by atoms with E-state index >= 15 is 0 Å². The van der Waals surface area contributed by atoms with E-state index < -0.39 is 11.9 Å². The van der Waals surface area contributed by atoms with Crippen LogP contribution in [0.1, 0.15) is 12.8 Å². The standard InChI is InChI=1S/C7H11NO4S2.2Na/c9-5(10)1-3-8-7(13)14-4-2-6(11)12;;/h1-4H2,(H,8,13)(H,9,10)(H,11,12);;/q;2*+1/p-2. The van der Waals surface area contributed by atoms with Gasteiger partial charge in [0.1, 0.15) is 4.32 Å². The summed E-state index contributed by atoms with van der Waals surface area (Å²) in [6.45, 7) is 0.194. The number of thiocarbonyl (C=S) groups is 1. The van der Waals surface area contributed by atoms with E-state index in [-0.39, 0.29) is 78.5 Å². The summed E-state index contributed by atoms with van der Waals surface area (Å²) in [5.41, 5.74) is 0. The zero-order chi connectivity index (χ0) is 11.0. The monoisotopic (exact) mass is 281 g/mol. The number of nitrogens with one attached hydrogen (secondary N) is 1. The van der Waals surface area contributed by atoms with Gasteiger partial charge in [0.2, 0.25) is 0 Å². The summed E-state index contributed by atoms with van der Waals surface area (Å²) < 4.78 is 0.382. The van der Waals surface area contributed by atoms with Gasteiger partial charge >= 0.3 is 59.1 Å². The van der Waals surface area contributed by atoms with Crippen LogP contribution in [0.2, 0.25) is 0 Å². The molecular formula is C7H9NNa2O4S2. The van der Waals surface area contributed by atoms with Crippen molar-refractivity contribution < 1.29 is 78.9 Å². The largest absolute Gasteiger partial charge is 1.00 e. The topological polar surface area (TPSA) is 92.3 Å². The van der Waals surface area contributed by atoms with Gasteiger partial charge in [-0.1, -0.05) is 24.0 Å². The minimum absolute atomic E-state index is 0. The zero-order valence-electron chi connectivity index (χ0n) is 9.28. The second-order valence-electron chi connectivity index (χ2n) is 2.31.